The van der Waals surface area contributed by atoms with Crippen LogP contribution in [0, 0.1) is 12.3 Å². The maximum Gasteiger partial charge on any atom is 0.00862 e. The Morgan fingerprint density at radius 3 is 2.62 bits per heavy atom. The van der Waals surface area contributed by atoms with Crippen molar-refractivity contribution in [3.63, 3.8) is 0 Å². The molecule has 13 heavy (non-hydrogen) atoms. The Labute approximate surface area is 81.0 Å². The van der Waals surface area contributed by atoms with E-state index in [1.807, 2.05) is 0 Å². The van der Waals surface area contributed by atoms with Crippen LogP contribution < -0.4 is 0 Å². The molecule has 0 amide bonds. The van der Waals surface area contributed by atoms with Crippen molar-refractivity contribution >= 4 is 0 Å². The van der Waals surface area contributed by atoms with Gasteiger partial charge in [-0.1, -0.05) is 37.3 Å². The second-order valence-electron chi connectivity index (χ2n) is 3.41. The molecule has 0 nitrogen and oxygen atoms in total. The van der Waals surface area contributed by atoms with Gasteiger partial charge in [0.15, 0.2) is 0 Å². The van der Waals surface area contributed by atoms with E-state index >= 15 is 0 Å². The smallest absolute Gasteiger partial charge is 0.00862 e. The van der Waals surface area contributed by atoms with Gasteiger partial charge in [0.2, 0.25) is 0 Å². The number of rotatable bonds is 4. The zero-order valence-corrected chi connectivity index (χ0v) is 8.16. The van der Waals surface area contributed by atoms with Gasteiger partial charge in [-0.2, -0.15) is 0 Å². The zero-order valence-electron chi connectivity index (χ0n) is 8.16. The molecule has 0 aliphatic rings. The molecule has 1 aromatic carbocycles. The van der Waals surface area contributed by atoms with Crippen molar-refractivity contribution in [1.82, 2.24) is 0 Å². The quantitative estimate of drug-likeness (QED) is 0.481. The summed E-state index contributed by atoms with van der Waals surface area (Å²) < 4.78 is 0. The van der Waals surface area contributed by atoms with E-state index in [-0.39, 0.29) is 0 Å². The molecule has 0 aliphatic carbocycles. The van der Waals surface area contributed by atoms with Gasteiger partial charge in [0.1, 0.15) is 0 Å². The summed E-state index contributed by atoms with van der Waals surface area (Å²) in [5.41, 5.74) is 1.42. The van der Waals surface area contributed by atoms with Crippen LogP contribution in [0.5, 0.6) is 0 Å². The molecular formula is C13H16. The van der Waals surface area contributed by atoms with E-state index in [4.69, 9.17) is 6.42 Å². The molecule has 0 heterocycles. The fourth-order valence-corrected chi connectivity index (χ4v) is 1.46. The standard InChI is InChI=1S/C13H16/c1-3-4-6-9-12(2)13-10-7-5-8-11-13/h1,5,7-8,10-12H,4,6,9H2,2H3. The fourth-order valence-electron chi connectivity index (χ4n) is 1.46. The van der Waals surface area contributed by atoms with E-state index < -0.39 is 0 Å². The number of hydrogen-bond acceptors (Lipinski definition) is 0. The first kappa shape index (κ1) is 9.86. The summed E-state index contributed by atoms with van der Waals surface area (Å²) >= 11 is 0. The Hall–Kier alpha value is -1.22. The predicted molar refractivity (Wildman–Crippen MR) is 57.5 cm³/mol. The molecule has 1 rings (SSSR count). The summed E-state index contributed by atoms with van der Waals surface area (Å²) in [5.74, 6) is 3.31. The Morgan fingerprint density at radius 2 is 2.00 bits per heavy atom. The van der Waals surface area contributed by atoms with Crippen LogP contribution in [0.15, 0.2) is 30.3 Å². The lowest BCUT2D eigenvalue weighted by atomic mass is 9.96. The highest BCUT2D eigenvalue weighted by molar-refractivity contribution is 5.18. The molecule has 0 aromatic heterocycles. The monoisotopic (exact) mass is 172 g/mol. The highest BCUT2D eigenvalue weighted by Crippen LogP contribution is 2.20. The molecule has 0 heteroatoms. The summed E-state index contributed by atoms with van der Waals surface area (Å²) in [7, 11) is 0. The minimum Gasteiger partial charge on any atom is -0.120 e. The molecule has 0 aliphatic heterocycles. The number of terminal acetylenes is 1. The lowest BCUT2D eigenvalue weighted by Gasteiger charge is -2.09. The van der Waals surface area contributed by atoms with Gasteiger partial charge < -0.3 is 0 Å². The van der Waals surface area contributed by atoms with E-state index in [0.29, 0.717) is 5.92 Å². The Balaban J connectivity index is 2.41. The average molecular weight is 172 g/mol. The van der Waals surface area contributed by atoms with Crippen molar-refractivity contribution in [2.75, 3.05) is 0 Å². The highest BCUT2D eigenvalue weighted by Gasteiger charge is 2.02. The van der Waals surface area contributed by atoms with Crippen molar-refractivity contribution in [3.05, 3.63) is 35.9 Å². The minimum absolute atomic E-state index is 0.634. The third-order valence-electron chi connectivity index (χ3n) is 2.33. The first-order valence-electron chi connectivity index (χ1n) is 4.83. The molecule has 1 aromatic rings. The van der Waals surface area contributed by atoms with Crippen LogP contribution in [-0.4, -0.2) is 0 Å². The second-order valence-corrected chi connectivity index (χ2v) is 3.41. The highest BCUT2D eigenvalue weighted by atomic mass is 14.1. The van der Waals surface area contributed by atoms with Crippen LogP contribution in [0.1, 0.15) is 37.7 Å². The molecule has 68 valence electrons. The van der Waals surface area contributed by atoms with E-state index in [1.165, 1.54) is 12.0 Å². The van der Waals surface area contributed by atoms with E-state index in [1.54, 1.807) is 0 Å². The molecule has 1 atom stereocenters. The average Bonchev–Trinajstić information content (AvgIpc) is 2.19. The number of unbranched alkanes of at least 4 members (excludes halogenated alkanes) is 1. The summed E-state index contributed by atoms with van der Waals surface area (Å²) in [6.07, 6.45) is 8.42. The van der Waals surface area contributed by atoms with Gasteiger partial charge in [-0.05, 0) is 24.3 Å². The molecular weight excluding hydrogens is 156 g/mol. The number of benzene rings is 1. The van der Waals surface area contributed by atoms with Gasteiger partial charge in [-0.25, -0.2) is 0 Å². The summed E-state index contributed by atoms with van der Waals surface area (Å²) in [6.45, 7) is 2.26. The third kappa shape index (κ3) is 3.34. The maximum atomic E-state index is 5.20. The Morgan fingerprint density at radius 1 is 1.31 bits per heavy atom. The van der Waals surface area contributed by atoms with Gasteiger partial charge in [0.25, 0.3) is 0 Å². The molecule has 0 spiro atoms. The first-order chi connectivity index (χ1) is 6.34. The van der Waals surface area contributed by atoms with Crippen molar-refractivity contribution in [1.29, 1.82) is 0 Å². The second kappa shape index (κ2) is 5.43. The fraction of sp³-hybridized carbons (Fsp3) is 0.385. The minimum atomic E-state index is 0.634. The topological polar surface area (TPSA) is 0 Å². The van der Waals surface area contributed by atoms with Crippen molar-refractivity contribution in [2.24, 2.45) is 0 Å². The van der Waals surface area contributed by atoms with Gasteiger partial charge >= 0.3 is 0 Å². The normalized spacial score (nSPS) is 12.0. The predicted octanol–water partition coefficient (Wildman–Crippen LogP) is 3.59. The van der Waals surface area contributed by atoms with Gasteiger partial charge in [0, 0.05) is 6.42 Å². The van der Waals surface area contributed by atoms with Gasteiger partial charge in [-0.3, -0.25) is 0 Å². The zero-order chi connectivity index (χ0) is 9.52. The van der Waals surface area contributed by atoms with Crippen molar-refractivity contribution in [2.45, 2.75) is 32.1 Å². The molecule has 0 saturated carbocycles. The summed E-state index contributed by atoms with van der Waals surface area (Å²) in [4.78, 5) is 0. The van der Waals surface area contributed by atoms with Gasteiger partial charge in [-0.15, -0.1) is 12.3 Å². The largest absolute Gasteiger partial charge is 0.120 e. The van der Waals surface area contributed by atoms with Crippen LogP contribution in [0.25, 0.3) is 0 Å². The van der Waals surface area contributed by atoms with Crippen molar-refractivity contribution in [3.8, 4) is 12.3 Å². The SMILES string of the molecule is C#CCCCC(C)c1ccccc1. The summed E-state index contributed by atoms with van der Waals surface area (Å²) in [6, 6.07) is 10.6. The number of hydrogen-bond donors (Lipinski definition) is 0. The van der Waals surface area contributed by atoms with Gasteiger partial charge in [0.05, 0.1) is 0 Å². The molecule has 0 saturated heterocycles. The Kier molecular flexibility index (Phi) is 4.12. The van der Waals surface area contributed by atoms with Crippen LogP contribution in [0.2, 0.25) is 0 Å². The van der Waals surface area contributed by atoms with E-state index in [2.05, 4.69) is 43.2 Å². The molecule has 0 fully saturated rings. The third-order valence-corrected chi connectivity index (χ3v) is 2.33. The maximum absolute atomic E-state index is 5.20. The summed E-state index contributed by atoms with van der Waals surface area (Å²) in [5, 5.41) is 0. The molecule has 0 N–H and O–H groups in total. The lowest BCUT2D eigenvalue weighted by molar-refractivity contribution is 0.645. The van der Waals surface area contributed by atoms with Crippen LogP contribution in [0.4, 0.5) is 0 Å². The molecule has 0 bridgehead atoms. The lowest BCUT2D eigenvalue weighted by Crippen LogP contribution is -1.92. The van der Waals surface area contributed by atoms with Crippen LogP contribution in [0.3, 0.4) is 0 Å². The van der Waals surface area contributed by atoms with E-state index in [9.17, 15) is 0 Å². The van der Waals surface area contributed by atoms with Crippen molar-refractivity contribution < 1.29 is 0 Å². The Bertz CT molecular complexity index is 266. The molecule has 0 radical (unpaired) electrons. The van der Waals surface area contributed by atoms with E-state index in [0.717, 1.165) is 12.8 Å². The first-order valence-corrected chi connectivity index (χ1v) is 4.83. The van der Waals surface area contributed by atoms with Crippen LogP contribution in [-0.2, 0) is 0 Å². The van der Waals surface area contributed by atoms with Crippen LogP contribution >= 0.6 is 0 Å². The molecule has 1 unspecified atom stereocenters.